The molecule has 0 radical (unpaired) electrons. The molecule has 0 saturated heterocycles. The Hall–Kier alpha value is -5.15. The van der Waals surface area contributed by atoms with Gasteiger partial charge in [-0.25, -0.2) is 14.6 Å². The number of aliphatic hydroxyl groups is 1. The molecule has 3 aromatic rings. The molecule has 65 heavy (non-hydrogen) atoms. The van der Waals surface area contributed by atoms with Crippen LogP contribution in [0.3, 0.4) is 0 Å². The number of carboxylic acid groups (broad SMARTS) is 1. The second-order valence-electron chi connectivity index (χ2n) is 17.7. The van der Waals surface area contributed by atoms with Gasteiger partial charge in [0.15, 0.2) is 5.60 Å². The fraction of sp³-hybridized carbons (Fsp3) is 0.620. The van der Waals surface area contributed by atoms with E-state index in [0.717, 1.165) is 35.8 Å². The van der Waals surface area contributed by atoms with Crippen molar-refractivity contribution in [1.29, 1.82) is 0 Å². The number of unbranched alkanes of at least 4 members (excludes halogenated alkanes) is 14. The molecule has 3 atom stereocenters. The molecular formula is C50H71N5O10. The van der Waals surface area contributed by atoms with Crippen LogP contribution in [0.1, 0.15) is 178 Å². The van der Waals surface area contributed by atoms with Crippen LogP contribution in [0.2, 0.25) is 0 Å². The van der Waals surface area contributed by atoms with Crippen molar-refractivity contribution in [2.24, 2.45) is 5.73 Å². The molecule has 6 N–H and O–H groups in total. The third-order valence-electron chi connectivity index (χ3n) is 13.0. The van der Waals surface area contributed by atoms with Gasteiger partial charge in [0.05, 0.1) is 35.4 Å². The van der Waals surface area contributed by atoms with Crippen LogP contribution >= 0.6 is 0 Å². The van der Waals surface area contributed by atoms with Gasteiger partial charge in [0.2, 0.25) is 11.8 Å². The van der Waals surface area contributed by atoms with Crippen LogP contribution in [0.4, 0.5) is 0 Å². The van der Waals surface area contributed by atoms with Gasteiger partial charge < -0.3 is 40.6 Å². The zero-order chi connectivity index (χ0) is 46.9. The summed E-state index contributed by atoms with van der Waals surface area (Å²) in [5, 5.41) is 27.2. The van der Waals surface area contributed by atoms with Gasteiger partial charge in [-0.05, 0) is 74.9 Å². The molecule has 5 rings (SSSR count). The number of pyridine rings is 2. The van der Waals surface area contributed by atoms with Gasteiger partial charge in [-0.3, -0.25) is 19.2 Å². The molecule has 0 spiro atoms. The van der Waals surface area contributed by atoms with Crippen LogP contribution in [0, 0.1) is 0 Å². The van der Waals surface area contributed by atoms with E-state index in [4.69, 9.17) is 20.2 Å². The lowest BCUT2D eigenvalue weighted by Crippen LogP contribution is -2.51. The Morgan fingerprint density at radius 1 is 0.831 bits per heavy atom. The molecule has 0 aliphatic carbocycles. The zero-order valence-electron chi connectivity index (χ0n) is 38.8. The molecule has 0 saturated carbocycles. The molecule has 15 nitrogen and oxygen atoms in total. The van der Waals surface area contributed by atoms with Crippen LogP contribution in [-0.4, -0.2) is 68.1 Å². The van der Waals surface area contributed by atoms with Crippen molar-refractivity contribution in [2.75, 3.05) is 6.54 Å². The van der Waals surface area contributed by atoms with Gasteiger partial charge in [0.25, 0.3) is 5.56 Å². The second kappa shape index (κ2) is 24.9. The summed E-state index contributed by atoms with van der Waals surface area (Å²) < 4.78 is 12.4. The van der Waals surface area contributed by atoms with Crippen LogP contribution in [0.15, 0.2) is 29.1 Å². The number of cyclic esters (lactones) is 1. The van der Waals surface area contributed by atoms with Crippen molar-refractivity contribution in [1.82, 2.24) is 20.2 Å². The lowest BCUT2D eigenvalue weighted by atomic mass is 9.86. The number of ether oxygens (including phenoxy) is 2. The highest BCUT2D eigenvalue weighted by atomic mass is 16.6. The van der Waals surface area contributed by atoms with Gasteiger partial charge in [-0.2, -0.15) is 0 Å². The first-order chi connectivity index (χ1) is 31.4. The molecule has 356 valence electrons. The lowest BCUT2D eigenvalue weighted by Gasteiger charge is -2.31. The van der Waals surface area contributed by atoms with Crippen molar-refractivity contribution in [3.8, 4) is 17.1 Å². The molecule has 2 aliphatic rings. The van der Waals surface area contributed by atoms with E-state index in [-0.39, 0.29) is 61.3 Å². The Balaban J connectivity index is 1.12. The third-order valence-corrected chi connectivity index (χ3v) is 13.0. The summed E-state index contributed by atoms with van der Waals surface area (Å²) >= 11 is 0. The van der Waals surface area contributed by atoms with E-state index in [2.05, 4.69) is 17.6 Å². The Morgan fingerprint density at radius 3 is 2.08 bits per heavy atom. The first-order valence-electron chi connectivity index (χ1n) is 24.2. The standard InChI is InChI=1S/C50H71N5O10/c1-4-7-8-9-10-11-12-13-14-15-16-17-18-19-23-41(48(60)61)54-46(58)40(22-20-21-28-51)52-43(56)26-27-44(57)65-33-24-25-39-35(29-33)34(5-2)36-31-55-42(45(36)53-39)30-38-37(47(55)59)32-64-49(62)50(38,63)6-3/h24-25,29-30,40-41,63H,4-23,26-28,31-32,51H2,1-3H3,(H,52,56)(H,54,58)(H,60,61)/t40?,41?,50-/m0/s1. The number of nitrogens with zero attached hydrogens (tertiary/aromatic N) is 2. The topological polar surface area (TPSA) is 229 Å². The molecule has 2 aromatic heterocycles. The average Bonchev–Trinajstić information content (AvgIpc) is 3.66. The average molecular weight is 902 g/mol. The van der Waals surface area contributed by atoms with Gasteiger partial charge in [-0.15, -0.1) is 0 Å². The second-order valence-corrected chi connectivity index (χ2v) is 17.7. The molecular weight excluding hydrogens is 831 g/mol. The van der Waals surface area contributed by atoms with Gasteiger partial charge >= 0.3 is 17.9 Å². The molecule has 2 amide bonds. The van der Waals surface area contributed by atoms with Crippen molar-refractivity contribution in [3.63, 3.8) is 0 Å². The molecule has 15 heteroatoms. The minimum atomic E-state index is -1.94. The number of amides is 2. The lowest BCUT2D eigenvalue weighted by molar-refractivity contribution is -0.172. The monoisotopic (exact) mass is 902 g/mol. The van der Waals surface area contributed by atoms with Gasteiger partial charge in [0, 0.05) is 22.9 Å². The maximum Gasteiger partial charge on any atom is 0.343 e. The minimum Gasteiger partial charge on any atom is -0.480 e. The fourth-order valence-corrected chi connectivity index (χ4v) is 9.11. The van der Waals surface area contributed by atoms with Crippen LogP contribution in [0.25, 0.3) is 22.3 Å². The predicted molar refractivity (Wildman–Crippen MR) is 248 cm³/mol. The number of carboxylic acids is 1. The molecule has 2 unspecified atom stereocenters. The number of aromatic nitrogens is 2. The van der Waals surface area contributed by atoms with Crippen molar-refractivity contribution < 1.29 is 43.7 Å². The number of hydrogen-bond acceptors (Lipinski definition) is 11. The summed E-state index contributed by atoms with van der Waals surface area (Å²) in [6, 6.07) is 4.59. The summed E-state index contributed by atoms with van der Waals surface area (Å²) in [4.78, 5) is 82.8. The number of fused-ring (bicyclic) bond motifs is 5. The smallest absolute Gasteiger partial charge is 0.343 e. The largest absolute Gasteiger partial charge is 0.480 e. The van der Waals surface area contributed by atoms with E-state index in [1.807, 2.05) is 6.92 Å². The molecule has 0 bridgehead atoms. The number of rotatable bonds is 29. The van der Waals surface area contributed by atoms with Gasteiger partial charge in [-0.1, -0.05) is 111 Å². The highest BCUT2D eigenvalue weighted by Crippen LogP contribution is 2.41. The van der Waals surface area contributed by atoms with E-state index in [0.29, 0.717) is 55.6 Å². The number of esters is 2. The maximum absolute atomic E-state index is 13.7. The quantitative estimate of drug-likeness (QED) is 0.0204. The van der Waals surface area contributed by atoms with Crippen LogP contribution in [-0.2, 0) is 53.9 Å². The van der Waals surface area contributed by atoms with Crippen LogP contribution < -0.4 is 26.7 Å². The highest BCUT2D eigenvalue weighted by molar-refractivity contribution is 5.92. The van der Waals surface area contributed by atoms with Crippen molar-refractivity contribution >= 4 is 40.6 Å². The Labute approximate surface area is 382 Å². The highest BCUT2D eigenvalue weighted by Gasteiger charge is 2.45. The first kappa shape index (κ1) is 50.8. The summed E-state index contributed by atoms with van der Waals surface area (Å²) in [6.07, 6.45) is 18.4. The van der Waals surface area contributed by atoms with Crippen molar-refractivity contribution in [3.05, 3.63) is 56.9 Å². The molecule has 1 aromatic carbocycles. The molecule has 0 fully saturated rings. The Morgan fingerprint density at radius 2 is 1.46 bits per heavy atom. The summed E-state index contributed by atoms with van der Waals surface area (Å²) in [5.74, 6) is -3.48. The molecule has 2 aliphatic heterocycles. The van der Waals surface area contributed by atoms with E-state index < -0.39 is 47.4 Å². The van der Waals surface area contributed by atoms with E-state index >= 15 is 0 Å². The number of carbonyl (C=O) groups is 5. The van der Waals surface area contributed by atoms with E-state index in [9.17, 15) is 39.0 Å². The summed E-state index contributed by atoms with van der Waals surface area (Å²) in [6.45, 7) is 6.26. The SMILES string of the molecule is CCCCCCCCCCCCCCCCC(NC(=O)C(CCCCN)NC(=O)CCC(=O)Oc1ccc2nc3c(c(CC)c2c1)Cn1c-3cc2c(c1=O)COC(=O)[C@]2(O)CC)C(=O)O. The fourth-order valence-electron chi connectivity index (χ4n) is 9.11. The number of carbonyl (C=O) groups excluding carboxylic acids is 4. The number of benzene rings is 1. The summed E-state index contributed by atoms with van der Waals surface area (Å²) in [7, 11) is 0. The number of nitrogens with two attached hydrogens (primary N) is 1. The van der Waals surface area contributed by atoms with E-state index in [1.54, 1.807) is 35.8 Å². The maximum atomic E-state index is 13.7. The third kappa shape index (κ3) is 13.2. The number of hydrogen-bond donors (Lipinski definition) is 5. The Bertz CT molecular complexity index is 2200. The van der Waals surface area contributed by atoms with Gasteiger partial charge in [0.1, 0.15) is 24.4 Å². The first-order valence-corrected chi connectivity index (χ1v) is 24.2. The number of aryl methyl sites for hydroxylation is 1. The normalized spacial score (nSPS) is 16.0. The predicted octanol–water partition coefficient (Wildman–Crippen LogP) is 7.38. The number of aliphatic carboxylic acids is 1. The number of nitrogens with one attached hydrogen (secondary N) is 2. The zero-order valence-corrected chi connectivity index (χ0v) is 38.8. The van der Waals surface area contributed by atoms with E-state index in [1.165, 1.54) is 64.2 Å². The Kier molecular flexibility index (Phi) is 19.5. The minimum absolute atomic E-state index is 0.0353. The summed E-state index contributed by atoms with van der Waals surface area (Å²) in [5.41, 5.74) is 7.21. The van der Waals surface area contributed by atoms with Crippen molar-refractivity contribution in [2.45, 2.75) is 193 Å². The van der Waals surface area contributed by atoms with Crippen LogP contribution in [0.5, 0.6) is 5.75 Å². The molecule has 4 heterocycles.